The molecule has 2 atom stereocenters. The molecule has 1 aliphatic heterocycles. The molecular formula is C27H30N4O5. The molecule has 2 aromatic carbocycles. The quantitative estimate of drug-likeness (QED) is 0.529. The molecule has 0 radical (unpaired) electrons. The van der Waals surface area contributed by atoms with Crippen LogP contribution in [-0.4, -0.2) is 40.2 Å². The summed E-state index contributed by atoms with van der Waals surface area (Å²) < 4.78 is 8.46. The van der Waals surface area contributed by atoms with Gasteiger partial charge in [-0.25, -0.2) is 4.79 Å². The first-order chi connectivity index (χ1) is 17.3. The van der Waals surface area contributed by atoms with Crippen molar-refractivity contribution in [3.05, 3.63) is 74.9 Å². The number of anilines is 1. The largest absolute Gasteiger partial charge is 0.378 e. The van der Waals surface area contributed by atoms with Crippen molar-refractivity contribution in [3.8, 4) is 0 Å². The van der Waals surface area contributed by atoms with E-state index in [1.54, 1.807) is 47.0 Å². The number of hydrogen-bond donors (Lipinski definition) is 2. The Morgan fingerprint density at radius 3 is 2.50 bits per heavy atom. The molecule has 3 aromatic rings. The molecule has 1 aromatic heterocycles. The number of fused-ring (bicyclic) bond motifs is 1. The topological polar surface area (TPSA) is 111 Å². The zero-order valence-corrected chi connectivity index (χ0v) is 20.4. The minimum absolute atomic E-state index is 0.129. The van der Waals surface area contributed by atoms with Gasteiger partial charge in [0, 0.05) is 23.8 Å². The lowest BCUT2D eigenvalue weighted by molar-refractivity contribution is -0.120. The molecule has 188 valence electrons. The molecule has 2 heterocycles. The SMILES string of the molecule is CC(C)n1c(=O)n(CC2CC2)c(=O)c2cc(NC(=O)[C@@H]3COC[C@@H]3NC(=O)c3ccccc3)ccc21. The van der Waals surface area contributed by atoms with Gasteiger partial charge in [-0.2, -0.15) is 0 Å². The first kappa shape index (κ1) is 24.0. The minimum Gasteiger partial charge on any atom is -0.378 e. The average molecular weight is 491 g/mol. The first-order valence-electron chi connectivity index (χ1n) is 12.4. The lowest BCUT2D eigenvalue weighted by Crippen LogP contribution is -2.44. The predicted octanol–water partition coefficient (Wildman–Crippen LogP) is 2.54. The summed E-state index contributed by atoms with van der Waals surface area (Å²) in [6.07, 6.45) is 2.04. The third-order valence-corrected chi connectivity index (χ3v) is 6.86. The molecule has 0 bridgehead atoms. The lowest BCUT2D eigenvalue weighted by atomic mass is 10.0. The smallest absolute Gasteiger partial charge is 0.331 e. The molecule has 1 saturated heterocycles. The molecular weight excluding hydrogens is 460 g/mol. The standard InChI is InChI=1S/C27H30N4O5/c1-16(2)31-23-11-10-19(12-20(23)26(34)30(27(31)35)13-17-8-9-17)28-25(33)21-14-36-15-22(21)29-24(32)18-6-4-3-5-7-18/h3-7,10-12,16-17,21-22H,8-9,13-15H2,1-2H3,(H,28,33)(H,29,32)/t21-,22+/m1/s1. The van der Waals surface area contributed by atoms with Gasteiger partial charge in [-0.05, 0) is 62.9 Å². The molecule has 9 nitrogen and oxygen atoms in total. The summed E-state index contributed by atoms with van der Waals surface area (Å²) in [4.78, 5) is 52.0. The number of amides is 2. The van der Waals surface area contributed by atoms with Crippen LogP contribution in [0.3, 0.4) is 0 Å². The van der Waals surface area contributed by atoms with E-state index in [1.807, 2.05) is 19.9 Å². The molecule has 5 rings (SSSR count). The van der Waals surface area contributed by atoms with Gasteiger partial charge >= 0.3 is 5.69 Å². The number of nitrogens with zero attached hydrogens (tertiary/aromatic N) is 2. The van der Waals surface area contributed by atoms with E-state index < -0.39 is 12.0 Å². The maximum atomic E-state index is 13.3. The Kier molecular flexibility index (Phi) is 6.49. The number of nitrogens with one attached hydrogen (secondary N) is 2. The van der Waals surface area contributed by atoms with Crippen LogP contribution < -0.4 is 21.9 Å². The van der Waals surface area contributed by atoms with Crippen molar-refractivity contribution in [1.29, 1.82) is 0 Å². The van der Waals surface area contributed by atoms with Gasteiger partial charge in [-0.3, -0.25) is 23.5 Å². The fourth-order valence-corrected chi connectivity index (χ4v) is 4.71. The second kappa shape index (κ2) is 9.73. The summed E-state index contributed by atoms with van der Waals surface area (Å²) in [5.41, 5.74) is 0.869. The molecule has 2 N–H and O–H groups in total. The Hall–Kier alpha value is -3.72. The maximum Gasteiger partial charge on any atom is 0.331 e. The van der Waals surface area contributed by atoms with Gasteiger partial charge in [-0.15, -0.1) is 0 Å². The Labute approximate surface area is 208 Å². The van der Waals surface area contributed by atoms with Gasteiger partial charge < -0.3 is 15.4 Å². The Morgan fingerprint density at radius 2 is 1.81 bits per heavy atom. The number of ether oxygens (including phenoxy) is 1. The Morgan fingerprint density at radius 1 is 1.06 bits per heavy atom. The number of carbonyl (C=O) groups excluding carboxylic acids is 2. The molecule has 2 fully saturated rings. The van der Waals surface area contributed by atoms with Crippen molar-refractivity contribution >= 4 is 28.4 Å². The van der Waals surface area contributed by atoms with E-state index in [1.165, 1.54) is 4.57 Å². The summed E-state index contributed by atoms with van der Waals surface area (Å²) >= 11 is 0. The molecule has 2 amide bonds. The van der Waals surface area contributed by atoms with Crippen LogP contribution in [0, 0.1) is 11.8 Å². The number of benzene rings is 2. The molecule has 1 aliphatic carbocycles. The Bertz CT molecular complexity index is 1420. The Balaban J connectivity index is 1.39. The van der Waals surface area contributed by atoms with Crippen LogP contribution in [0.4, 0.5) is 5.69 Å². The van der Waals surface area contributed by atoms with Crippen LogP contribution in [0.5, 0.6) is 0 Å². The molecule has 0 unspecified atom stereocenters. The summed E-state index contributed by atoms with van der Waals surface area (Å²) in [7, 11) is 0. The highest BCUT2D eigenvalue weighted by atomic mass is 16.5. The van der Waals surface area contributed by atoms with E-state index in [2.05, 4.69) is 10.6 Å². The van der Waals surface area contributed by atoms with Crippen molar-refractivity contribution in [3.63, 3.8) is 0 Å². The highest BCUT2D eigenvalue weighted by Gasteiger charge is 2.35. The van der Waals surface area contributed by atoms with E-state index in [0.29, 0.717) is 34.6 Å². The van der Waals surface area contributed by atoms with E-state index in [-0.39, 0.29) is 42.3 Å². The van der Waals surface area contributed by atoms with Crippen LogP contribution >= 0.6 is 0 Å². The number of rotatable bonds is 7. The van der Waals surface area contributed by atoms with Gasteiger partial charge in [0.1, 0.15) is 0 Å². The summed E-state index contributed by atoms with van der Waals surface area (Å²) in [5, 5.41) is 6.16. The van der Waals surface area contributed by atoms with Crippen LogP contribution in [0.15, 0.2) is 58.1 Å². The second-order valence-corrected chi connectivity index (χ2v) is 9.92. The predicted molar refractivity (Wildman–Crippen MR) is 136 cm³/mol. The summed E-state index contributed by atoms with van der Waals surface area (Å²) in [5.74, 6) is -0.788. The van der Waals surface area contributed by atoms with Gasteiger partial charge in [0.25, 0.3) is 11.5 Å². The summed E-state index contributed by atoms with van der Waals surface area (Å²) in [6, 6.07) is 13.2. The zero-order chi connectivity index (χ0) is 25.4. The van der Waals surface area contributed by atoms with Crippen LogP contribution in [-0.2, 0) is 16.1 Å². The molecule has 2 aliphatic rings. The number of hydrogen-bond acceptors (Lipinski definition) is 5. The third-order valence-electron chi connectivity index (χ3n) is 6.86. The fraction of sp³-hybridized carbons (Fsp3) is 0.407. The van der Waals surface area contributed by atoms with E-state index in [9.17, 15) is 19.2 Å². The van der Waals surface area contributed by atoms with Crippen molar-refractivity contribution in [2.45, 2.75) is 45.3 Å². The highest BCUT2D eigenvalue weighted by Crippen LogP contribution is 2.30. The van der Waals surface area contributed by atoms with Crippen LogP contribution in [0.2, 0.25) is 0 Å². The van der Waals surface area contributed by atoms with Crippen molar-refractivity contribution in [2.75, 3.05) is 18.5 Å². The summed E-state index contributed by atoms with van der Waals surface area (Å²) in [6.45, 7) is 4.65. The first-order valence-corrected chi connectivity index (χ1v) is 12.4. The van der Waals surface area contributed by atoms with E-state index in [0.717, 1.165) is 12.8 Å². The normalized spacial score (nSPS) is 19.5. The molecule has 0 spiro atoms. The van der Waals surface area contributed by atoms with Crippen molar-refractivity contribution < 1.29 is 14.3 Å². The van der Waals surface area contributed by atoms with Gasteiger partial charge in [-0.1, -0.05) is 18.2 Å². The third kappa shape index (κ3) is 4.70. The van der Waals surface area contributed by atoms with Gasteiger partial charge in [0.05, 0.1) is 36.1 Å². The van der Waals surface area contributed by atoms with Crippen molar-refractivity contribution in [2.24, 2.45) is 11.8 Å². The molecule has 9 heteroatoms. The maximum absolute atomic E-state index is 13.3. The average Bonchev–Trinajstić information content (AvgIpc) is 3.57. The monoisotopic (exact) mass is 490 g/mol. The van der Waals surface area contributed by atoms with Crippen molar-refractivity contribution in [1.82, 2.24) is 14.5 Å². The van der Waals surface area contributed by atoms with Gasteiger partial charge in [0.2, 0.25) is 5.91 Å². The number of carbonyl (C=O) groups is 2. The second-order valence-electron chi connectivity index (χ2n) is 9.92. The van der Waals surface area contributed by atoms with Crippen LogP contribution in [0.1, 0.15) is 43.1 Å². The molecule has 1 saturated carbocycles. The van der Waals surface area contributed by atoms with Crippen LogP contribution in [0.25, 0.3) is 10.9 Å². The zero-order valence-electron chi connectivity index (χ0n) is 20.4. The fourth-order valence-electron chi connectivity index (χ4n) is 4.71. The minimum atomic E-state index is -0.579. The van der Waals surface area contributed by atoms with E-state index in [4.69, 9.17) is 4.74 Å². The highest BCUT2D eigenvalue weighted by molar-refractivity contribution is 5.97. The lowest BCUT2D eigenvalue weighted by Gasteiger charge is -2.20. The van der Waals surface area contributed by atoms with Gasteiger partial charge in [0.15, 0.2) is 0 Å². The number of aromatic nitrogens is 2. The van der Waals surface area contributed by atoms with E-state index >= 15 is 0 Å². The molecule has 36 heavy (non-hydrogen) atoms.